The number of pyridine rings is 1. The highest BCUT2D eigenvalue weighted by Crippen LogP contribution is 2.45. The van der Waals surface area contributed by atoms with Gasteiger partial charge < -0.3 is 24.1 Å². The lowest BCUT2D eigenvalue weighted by molar-refractivity contribution is -0.278. The summed E-state index contributed by atoms with van der Waals surface area (Å²) < 4.78 is 24.5. The molecule has 0 fully saturated rings. The van der Waals surface area contributed by atoms with Crippen molar-refractivity contribution in [2.45, 2.75) is 24.9 Å². The highest BCUT2D eigenvalue weighted by molar-refractivity contribution is 5.97. The smallest absolute Gasteiger partial charge is 0.342 e. The summed E-state index contributed by atoms with van der Waals surface area (Å²) in [6.45, 7) is 1.35. The van der Waals surface area contributed by atoms with Crippen LogP contribution in [0.25, 0.3) is 22.2 Å². The van der Waals surface area contributed by atoms with Crippen LogP contribution in [0.1, 0.15) is 34.5 Å². The van der Waals surface area contributed by atoms with E-state index in [1.807, 2.05) is 60.7 Å². The third-order valence-corrected chi connectivity index (χ3v) is 7.50. The Morgan fingerprint density at radius 3 is 2.47 bits per heavy atom. The van der Waals surface area contributed by atoms with Gasteiger partial charge in [-0.1, -0.05) is 66.7 Å². The summed E-state index contributed by atoms with van der Waals surface area (Å²) in [5, 5.41) is 12.2. The molecule has 1 aromatic heterocycles. The van der Waals surface area contributed by atoms with E-state index in [4.69, 9.17) is 23.9 Å². The van der Waals surface area contributed by atoms with Gasteiger partial charge in [0, 0.05) is 29.2 Å². The number of rotatable bonds is 8. The molecule has 3 atom stereocenters. The number of nitrogens with zero attached hydrogens (tertiary/aromatic N) is 1. The first-order valence-corrected chi connectivity index (χ1v) is 13.8. The second-order valence-electron chi connectivity index (χ2n) is 10.2. The number of para-hydroxylation sites is 2. The van der Waals surface area contributed by atoms with Crippen molar-refractivity contribution in [3.05, 3.63) is 126 Å². The van der Waals surface area contributed by atoms with E-state index in [-0.39, 0.29) is 23.5 Å². The molecule has 1 N–H and O–H groups in total. The molecule has 0 aliphatic carbocycles. The number of methoxy groups -OCH3 is 1. The number of fused-ring (bicyclic) bond motifs is 2. The van der Waals surface area contributed by atoms with Crippen LogP contribution in [0, 0.1) is 0 Å². The van der Waals surface area contributed by atoms with E-state index in [0.717, 1.165) is 16.5 Å². The third kappa shape index (κ3) is 5.34. The molecule has 1 aliphatic heterocycles. The van der Waals surface area contributed by atoms with Gasteiger partial charge in [0.05, 0.1) is 16.8 Å². The number of carbonyl (C=O) groups excluding carboxylic acids is 2. The first-order chi connectivity index (χ1) is 20.9. The van der Waals surface area contributed by atoms with Crippen LogP contribution in [0.2, 0.25) is 0 Å². The lowest BCUT2D eigenvalue weighted by Crippen LogP contribution is -2.54. The standard InChI is InChI=1S/C35H29NO7/c1-22(37)26-13-7-8-14-27(26)33(38)34(39)43-35(40-2)28-20-24(30-18-16-23-10-6-9-15-29(23)36-30)17-19-31(28)41-21-32(35)42-25-11-4-3-5-12-25/h3-20,32-33,38H,21H2,1-2H3/t32-,33-,35+/m1/s1. The molecular formula is C35H29NO7. The van der Waals surface area contributed by atoms with Gasteiger partial charge in [-0.2, -0.15) is 0 Å². The fourth-order valence-electron chi connectivity index (χ4n) is 5.33. The molecule has 5 aromatic rings. The van der Waals surface area contributed by atoms with Crippen LogP contribution >= 0.6 is 0 Å². The van der Waals surface area contributed by atoms with Crippen LogP contribution in [0.4, 0.5) is 0 Å². The van der Waals surface area contributed by atoms with E-state index in [1.54, 1.807) is 42.5 Å². The average molecular weight is 576 g/mol. The monoisotopic (exact) mass is 575 g/mol. The van der Waals surface area contributed by atoms with Crippen LogP contribution in [0.3, 0.4) is 0 Å². The summed E-state index contributed by atoms with van der Waals surface area (Å²) in [6, 6.07) is 32.5. The lowest BCUT2D eigenvalue weighted by Gasteiger charge is -2.42. The Kier molecular flexibility index (Phi) is 7.63. The Hall–Kier alpha value is -5.05. The minimum Gasteiger partial charge on any atom is -0.489 e. The molecular weight excluding hydrogens is 546 g/mol. The molecule has 1 aliphatic rings. The second-order valence-corrected chi connectivity index (χ2v) is 10.2. The van der Waals surface area contributed by atoms with Crippen LogP contribution < -0.4 is 9.47 Å². The molecule has 4 aromatic carbocycles. The first kappa shape index (κ1) is 28.1. The molecule has 0 amide bonds. The van der Waals surface area contributed by atoms with Crippen LogP contribution in [0.5, 0.6) is 11.5 Å². The van der Waals surface area contributed by atoms with Gasteiger partial charge in [-0.25, -0.2) is 9.78 Å². The molecule has 43 heavy (non-hydrogen) atoms. The number of aliphatic hydroxyl groups is 1. The number of aliphatic hydroxyl groups excluding tert-OH is 1. The van der Waals surface area contributed by atoms with Gasteiger partial charge in [0.1, 0.15) is 18.1 Å². The largest absolute Gasteiger partial charge is 0.489 e. The van der Waals surface area contributed by atoms with E-state index in [1.165, 1.54) is 20.1 Å². The Labute approximate surface area is 248 Å². The van der Waals surface area contributed by atoms with Crippen molar-refractivity contribution < 1.29 is 33.6 Å². The lowest BCUT2D eigenvalue weighted by atomic mass is 9.93. The number of carbonyl (C=O) groups is 2. The second kappa shape index (κ2) is 11.7. The van der Waals surface area contributed by atoms with Gasteiger partial charge in [0.25, 0.3) is 5.79 Å². The predicted octanol–water partition coefficient (Wildman–Crippen LogP) is 6.02. The number of ether oxygens (including phenoxy) is 4. The molecule has 8 heteroatoms. The van der Waals surface area contributed by atoms with Crippen molar-refractivity contribution in [1.82, 2.24) is 4.98 Å². The van der Waals surface area contributed by atoms with E-state index >= 15 is 0 Å². The van der Waals surface area contributed by atoms with Crippen LogP contribution in [-0.4, -0.2) is 41.7 Å². The maximum Gasteiger partial charge on any atom is 0.342 e. The summed E-state index contributed by atoms with van der Waals surface area (Å²) in [4.78, 5) is 30.7. The Balaban J connectivity index is 1.44. The normalized spacial score (nSPS) is 18.3. The third-order valence-electron chi connectivity index (χ3n) is 7.50. The average Bonchev–Trinajstić information content (AvgIpc) is 3.05. The van der Waals surface area contributed by atoms with Crippen molar-refractivity contribution in [2.24, 2.45) is 0 Å². The number of ketones is 1. The van der Waals surface area contributed by atoms with Crippen LogP contribution in [-0.2, 0) is 20.1 Å². The van der Waals surface area contributed by atoms with E-state index in [2.05, 4.69) is 0 Å². The number of Topliss-reactive ketones (excluding diaryl/α,β-unsaturated/α-hetero) is 1. The molecule has 0 saturated carbocycles. The molecule has 8 nitrogen and oxygen atoms in total. The van der Waals surface area contributed by atoms with Crippen molar-refractivity contribution in [1.29, 1.82) is 0 Å². The summed E-state index contributed by atoms with van der Waals surface area (Å²) in [7, 11) is 1.40. The maximum atomic E-state index is 13.7. The number of aromatic nitrogens is 1. The summed E-state index contributed by atoms with van der Waals surface area (Å²) in [6.07, 6.45) is -2.73. The maximum absolute atomic E-state index is 13.7. The Bertz CT molecular complexity index is 1810. The minimum absolute atomic E-state index is 0.0171. The highest BCUT2D eigenvalue weighted by atomic mass is 16.7. The van der Waals surface area contributed by atoms with Crippen molar-refractivity contribution in [3.8, 4) is 22.8 Å². The van der Waals surface area contributed by atoms with Crippen molar-refractivity contribution in [2.75, 3.05) is 13.7 Å². The van der Waals surface area contributed by atoms with Gasteiger partial charge in [-0.05, 0) is 49.4 Å². The molecule has 2 heterocycles. The molecule has 0 unspecified atom stereocenters. The predicted molar refractivity (Wildman–Crippen MR) is 160 cm³/mol. The van der Waals surface area contributed by atoms with Crippen molar-refractivity contribution >= 4 is 22.7 Å². The van der Waals surface area contributed by atoms with Crippen molar-refractivity contribution in [3.63, 3.8) is 0 Å². The number of esters is 1. The zero-order valence-corrected chi connectivity index (χ0v) is 23.6. The topological polar surface area (TPSA) is 104 Å². The Morgan fingerprint density at radius 1 is 0.930 bits per heavy atom. The Morgan fingerprint density at radius 2 is 1.67 bits per heavy atom. The highest BCUT2D eigenvalue weighted by Gasteiger charge is 2.53. The zero-order valence-electron chi connectivity index (χ0n) is 23.6. The van der Waals surface area contributed by atoms with E-state index in [9.17, 15) is 14.7 Å². The summed E-state index contributed by atoms with van der Waals surface area (Å²) in [5.74, 6) is -2.21. The zero-order chi connectivity index (χ0) is 30.0. The van der Waals surface area contributed by atoms with Gasteiger partial charge >= 0.3 is 5.97 Å². The summed E-state index contributed by atoms with van der Waals surface area (Å²) in [5.41, 5.74) is 2.99. The van der Waals surface area contributed by atoms with Gasteiger partial charge in [-0.15, -0.1) is 0 Å². The fourth-order valence-corrected chi connectivity index (χ4v) is 5.33. The summed E-state index contributed by atoms with van der Waals surface area (Å²) >= 11 is 0. The molecule has 216 valence electrons. The van der Waals surface area contributed by atoms with Gasteiger partial charge in [-0.3, -0.25) is 4.79 Å². The first-order valence-electron chi connectivity index (χ1n) is 13.8. The number of hydrogen-bond donors (Lipinski definition) is 1. The number of hydrogen-bond acceptors (Lipinski definition) is 8. The SMILES string of the molecule is CO[C@]1(OC(=O)[C@H](O)c2ccccc2C(C)=O)c2cc(-c3ccc4ccccc4n3)ccc2OC[C@H]1Oc1ccccc1. The minimum atomic E-state index is -1.83. The van der Waals surface area contributed by atoms with E-state index < -0.39 is 24.0 Å². The molecule has 6 rings (SSSR count). The molecule has 0 saturated heterocycles. The quantitative estimate of drug-likeness (QED) is 0.136. The van der Waals surface area contributed by atoms with Crippen LogP contribution in [0.15, 0.2) is 109 Å². The number of benzene rings is 4. The van der Waals surface area contributed by atoms with E-state index in [0.29, 0.717) is 22.8 Å². The molecule has 0 bridgehead atoms. The van der Waals surface area contributed by atoms with Gasteiger partial charge in [0.2, 0.25) is 6.10 Å². The molecule has 0 radical (unpaired) electrons. The fraction of sp³-hybridized carbons (Fsp3) is 0.171. The molecule has 0 spiro atoms. The van der Waals surface area contributed by atoms with Gasteiger partial charge in [0.15, 0.2) is 11.9 Å².